The molecule has 0 saturated carbocycles. The van der Waals surface area contributed by atoms with Gasteiger partial charge in [-0.2, -0.15) is 0 Å². The van der Waals surface area contributed by atoms with Gasteiger partial charge in [0.25, 0.3) is 0 Å². The minimum absolute atomic E-state index is 0.0789. The van der Waals surface area contributed by atoms with Crippen LogP contribution in [-0.4, -0.2) is 28.7 Å². The van der Waals surface area contributed by atoms with Crippen LogP contribution >= 0.6 is 0 Å². The summed E-state index contributed by atoms with van der Waals surface area (Å²) in [5.41, 5.74) is 0. The van der Waals surface area contributed by atoms with Crippen molar-refractivity contribution in [3.63, 3.8) is 0 Å². The monoisotopic (exact) mass is 189 g/mol. The van der Waals surface area contributed by atoms with Crippen molar-refractivity contribution in [2.24, 2.45) is 0 Å². The summed E-state index contributed by atoms with van der Waals surface area (Å²) >= 11 is 1.39. The normalized spacial score (nSPS) is 27.9. The number of hydrogen-bond donors (Lipinski definition) is 1. The molecule has 1 aliphatic heterocycles. The summed E-state index contributed by atoms with van der Waals surface area (Å²) in [6, 6.07) is 0. The summed E-state index contributed by atoms with van der Waals surface area (Å²) in [5, 5.41) is 2.27. The molecule has 50 valence electrons. The average Bonchev–Trinajstić information content (AvgIpc) is 1.80. The maximum absolute atomic E-state index is 10.7. The molecule has 0 aromatic carbocycles. The third-order valence-corrected chi connectivity index (χ3v) is 2.62. The maximum atomic E-state index is 10.7. The first-order valence-electron chi connectivity index (χ1n) is 2.79. The molecule has 3 nitrogen and oxygen atoms in total. The third-order valence-electron chi connectivity index (χ3n) is 1.28. The molecule has 4 heteroatoms. The number of amides is 2. The molecular weight excluding hydrogens is 181 g/mol. The average molecular weight is 189 g/mol. The second-order valence-corrected chi connectivity index (χ2v) is 3.75. The molecule has 0 radical (unpaired) electrons. The van der Waals surface area contributed by atoms with Crippen LogP contribution in [0.1, 0.15) is 12.8 Å². The van der Waals surface area contributed by atoms with Gasteiger partial charge in [-0.3, -0.25) is 0 Å². The molecule has 1 aliphatic rings. The number of hydrogen-bond acceptors (Lipinski definition) is 2. The molecule has 1 fully saturated rings. The summed E-state index contributed by atoms with van der Waals surface area (Å²) in [6.45, 7) is 0. The topological polar surface area (TPSA) is 46.2 Å². The Kier molecular flexibility index (Phi) is 1.91. The van der Waals surface area contributed by atoms with E-state index in [1.807, 2.05) is 0 Å². The summed E-state index contributed by atoms with van der Waals surface area (Å²) < 4.78 is 0.0789. The molecule has 0 bridgehead atoms. The summed E-state index contributed by atoms with van der Waals surface area (Å²) in [7, 11) is 0. The molecule has 2 atom stereocenters. The van der Waals surface area contributed by atoms with Crippen LogP contribution in [0.15, 0.2) is 0 Å². The molecule has 9 heavy (non-hydrogen) atoms. The van der Waals surface area contributed by atoms with Gasteiger partial charge in [-0.15, -0.1) is 0 Å². The molecule has 1 saturated heterocycles. The van der Waals surface area contributed by atoms with E-state index in [9.17, 15) is 9.59 Å². The van der Waals surface area contributed by atoms with Gasteiger partial charge in [0.2, 0.25) is 0 Å². The van der Waals surface area contributed by atoms with E-state index in [1.165, 1.54) is 16.9 Å². The van der Waals surface area contributed by atoms with Crippen molar-refractivity contribution >= 4 is 28.7 Å². The zero-order valence-corrected chi connectivity index (χ0v) is 7.31. The van der Waals surface area contributed by atoms with Gasteiger partial charge in [0.1, 0.15) is 0 Å². The van der Waals surface area contributed by atoms with Crippen molar-refractivity contribution in [2.75, 3.05) is 0 Å². The van der Waals surface area contributed by atoms with Crippen LogP contribution < -0.4 is 5.32 Å². The predicted molar refractivity (Wildman–Crippen MR) is 34.7 cm³/mol. The molecule has 0 aromatic rings. The van der Waals surface area contributed by atoms with E-state index in [0.717, 1.165) is 6.42 Å². The van der Waals surface area contributed by atoms with E-state index in [2.05, 4.69) is 5.32 Å². The molecule has 1 heterocycles. The molecule has 1 rings (SSSR count). The van der Waals surface area contributed by atoms with Crippen molar-refractivity contribution in [2.45, 2.75) is 17.5 Å². The van der Waals surface area contributed by atoms with Gasteiger partial charge in [0.05, 0.1) is 0 Å². The van der Waals surface area contributed by atoms with Crippen molar-refractivity contribution in [3.8, 4) is 0 Å². The van der Waals surface area contributed by atoms with Crippen LogP contribution in [0, 0.1) is 0 Å². The van der Waals surface area contributed by atoms with Crippen molar-refractivity contribution in [1.82, 2.24) is 5.32 Å². The second-order valence-electron chi connectivity index (χ2n) is 2.06. The fourth-order valence-corrected chi connectivity index (χ4v) is 1.23. The minimum atomic E-state index is -0.131. The fourth-order valence-electron chi connectivity index (χ4n) is 0.710. The fraction of sp³-hybridized carbons (Fsp3) is 0.600. The Morgan fingerprint density at radius 2 is 2.22 bits per heavy atom. The summed E-state index contributed by atoms with van der Waals surface area (Å²) in [6.07, 6.45) is 1.24. The van der Waals surface area contributed by atoms with E-state index in [4.69, 9.17) is 0 Å². The number of nitrogens with one attached hydrogen (secondary N) is 1. The van der Waals surface area contributed by atoms with E-state index >= 15 is 0 Å². The van der Waals surface area contributed by atoms with Crippen LogP contribution in [-0.2, 0) is 9.59 Å². The van der Waals surface area contributed by atoms with Crippen LogP contribution in [0.3, 0.4) is 0 Å². The van der Waals surface area contributed by atoms with Gasteiger partial charge in [-0.1, -0.05) is 0 Å². The zero-order valence-electron chi connectivity index (χ0n) is 4.89. The van der Waals surface area contributed by atoms with Gasteiger partial charge in [-0.05, 0) is 0 Å². The van der Waals surface area contributed by atoms with Gasteiger partial charge < -0.3 is 0 Å². The number of carbonyl (C=O) groups is 2. The van der Waals surface area contributed by atoms with E-state index in [-0.39, 0.29) is 16.5 Å². The Labute approximate surface area is 61.7 Å². The number of rotatable bonds is 0. The van der Waals surface area contributed by atoms with Gasteiger partial charge in [-0.25, -0.2) is 0 Å². The van der Waals surface area contributed by atoms with Gasteiger partial charge >= 0.3 is 61.1 Å². The molecule has 0 spiro atoms. The van der Waals surface area contributed by atoms with E-state index in [1.54, 1.807) is 0 Å². The van der Waals surface area contributed by atoms with Crippen molar-refractivity contribution in [3.05, 3.63) is 0 Å². The van der Waals surface area contributed by atoms with Gasteiger partial charge in [0.15, 0.2) is 0 Å². The zero-order chi connectivity index (χ0) is 6.85. The van der Waals surface area contributed by atoms with Crippen LogP contribution in [0.4, 0.5) is 0 Å². The second kappa shape index (κ2) is 2.52. The Morgan fingerprint density at radius 3 is 2.67 bits per heavy atom. The molecular formula is C5H8AsNO2. The predicted octanol–water partition coefficient (Wildman–Crippen LogP) is -1.16. The number of piperidine rings is 1. The number of imide groups is 1. The molecule has 2 amide bonds. The molecule has 1 N–H and O–H groups in total. The Bertz CT molecular complexity index is 157. The Morgan fingerprint density at radius 1 is 1.56 bits per heavy atom. The Balaban J connectivity index is 2.54. The Hall–Kier alpha value is -0.302. The van der Waals surface area contributed by atoms with Crippen molar-refractivity contribution < 1.29 is 9.59 Å². The van der Waals surface area contributed by atoms with E-state index < -0.39 is 0 Å². The van der Waals surface area contributed by atoms with Crippen molar-refractivity contribution in [1.29, 1.82) is 0 Å². The van der Waals surface area contributed by atoms with Crippen LogP contribution in [0.25, 0.3) is 0 Å². The SMILES string of the molecule is O=C1CCC([AsH2])C(=O)N1. The third kappa shape index (κ3) is 1.55. The van der Waals surface area contributed by atoms with Gasteiger partial charge in [0, 0.05) is 0 Å². The summed E-state index contributed by atoms with van der Waals surface area (Å²) in [4.78, 5) is 21.2. The first kappa shape index (κ1) is 6.81. The van der Waals surface area contributed by atoms with E-state index in [0.29, 0.717) is 6.42 Å². The summed E-state index contributed by atoms with van der Waals surface area (Å²) in [5.74, 6) is -0.236. The molecule has 2 unspecified atom stereocenters. The molecule has 0 aromatic heterocycles. The van der Waals surface area contributed by atoms with Crippen LogP contribution in [0.5, 0.6) is 0 Å². The first-order valence-corrected chi connectivity index (χ1v) is 4.19. The number of carbonyl (C=O) groups excluding carboxylic acids is 2. The molecule has 0 aliphatic carbocycles. The van der Waals surface area contributed by atoms with Crippen LogP contribution in [0.2, 0.25) is 4.71 Å². The standard InChI is InChI=1S/C5H8AsNO2/c6-3-1-2-4(8)7-5(3)9/h3H,1-2,6H2,(H,7,8,9). The first-order chi connectivity index (χ1) is 4.20. The quantitative estimate of drug-likeness (QED) is 0.386.